The van der Waals surface area contributed by atoms with Gasteiger partial charge in [-0.25, -0.2) is 0 Å². The first-order chi connectivity index (χ1) is 13.0. The fourth-order valence-corrected chi connectivity index (χ4v) is 2.52. The number of aromatic hydroxyl groups is 1. The highest BCUT2D eigenvalue weighted by molar-refractivity contribution is 6.07. The lowest BCUT2D eigenvalue weighted by Gasteiger charge is -2.06. The maximum Gasteiger partial charge on any atom is 0.255 e. The number of aryl methyl sites for hydroxylation is 1. The molecule has 0 aliphatic heterocycles. The van der Waals surface area contributed by atoms with Crippen molar-refractivity contribution in [1.82, 2.24) is 0 Å². The molecule has 0 atom stereocenters. The van der Waals surface area contributed by atoms with Crippen molar-refractivity contribution in [3.8, 4) is 5.75 Å². The largest absolute Gasteiger partial charge is 0.508 e. The maximum atomic E-state index is 12.3. The summed E-state index contributed by atoms with van der Waals surface area (Å²) >= 11 is 0. The Morgan fingerprint density at radius 1 is 0.889 bits per heavy atom. The Hall–Kier alpha value is -3.66. The van der Waals surface area contributed by atoms with Crippen molar-refractivity contribution < 1.29 is 14.7 Å². The van der Waals surface area contributed by atoms with E-state index < -0.39 is 0 Å². The van der Waals surface area contributed by atoms with Crippen molar-refractivity contribution in [1.29, 1.82) is 0 Å². The summed E-state index contributed by atoms with van der Waals surface area (Å²) in [5, 5.41) is 12.1. The lowest BCUT2D eigenvalue weighted by molar-refractivity contribution is 0.102. The zero-order valence-electron chi connectivity index (χ0n) is 14.8. The maximum absolute atomic E-state index is 12.3. The predicted molar refractivity (Wildman–Crippen MR) is 107 cm³/mol. The van der Waals surface area contributed by atoms with Gasteiger partial charge < -0.3 is 10.4 Å². The lowest BCUT2D eigenvalue weighted by Crippen LogP contribution is -2.11. The Labute approximate surface area is 157 Å². The summed E-state index contributed by atoms with van der Waals surface area (Å²) in [4.78, 5) is 24.5. The minimum atomic E-state index is -0.184. The van der Waals surface area contributed by atoms with Crippen LogP contribution in [0.2, 0.25) is 0 Å². The number of hydrogen-bond acceptors (Lipinski definition) is 3. The van der Waals surface area contributed by atoms with Crippen LogP contribution in [0.25, 0.3) is 6.08 Å². The standard InChI is InChI=1S/C23H19NO3/c1-16-5-8-19(9-6-16)23(27)24-20-4-2-3-17(15-20)7-14-22(26)18-10-12-21(25)13-11-18/h2-15,25H,1H3,(H,24,27)/b14-7+. The van der Waals surface area contributed by atoms with E-state index in [1.165, 1.54) is 18.2 Å². The molecule has 0 aliphatic rings. The van der Waals surface area contributed by atoms with Gasteiger partial charge in [0.25, 0.3) is 5.91 Å². The molecule has 0 bridgehead atoms. The number of rotatable bonds is 5. The van der Waals surface area contributed by atoms with Crippen LogP contribution in [0.15, 0.2) is 78.9 Å². The number of carbonyl (C=O) groups excluding carboxylic acids is 2. The smallest absolute Gasteiger partial charge is 0.255 e. The third-order valence-corrected chi connectivity index (χ3v) is 4.04. The van der Waals surface area contributed by atoms with Crippen molar-refractivity contribution in [2.24, 2.45) is 0 Å². The van der Waals surface area contributed by atoms with Crippen LogP contribution in [-0.2, 0) is 0 Å². The molecule has 3 rings (SSSR count). The summed E-state index contributed by atoms with van der Waals surface area (Å²) in [5.41, 5.74) is 3.62. The number of phenolic OH excluding ortho intramolecular Hbond substituents is 1. The molecule has 0 radical (unpaired) electrons. The number of amides is 1. The van der Waals surface area contributed by atoms with E-state index in [9.17, 15) is 14.7 Å². The Morgan fingerprint density at radius 2 is 1.56 bits per heavy atom. The Bertz CT molecular complexity index is 987. The van der Waals surface area contributed by atoms with Gasteiger partial charge in [0.1, 0.15) is 5.75 Å². The van der Waals surface area contributed by atoms with E-state index in [0.29, 0.717) is 16.8 Å². The molecule has 27 heavy (non-hydrogen) atoms. The molecular formula is C23H19NO3. The van der Waals surface area contributed by atoms with E-state index in [2.05, 4.69) is 5.32 Å². The SMILES string of the molecule is Cc1ccc(C(=O)Nc2cccc(/C=C/C(=O)c3ccc(O)cc3)c2)cc1. The highest BCUT2D eigenvalue weighted by atomic mass is 16.3. The molecule has 4 nitrogen and oxygen atoms in total. The number of benzene rings is 3. The van der Waals surface area contributed by atoms with Crippen LogP contribution in [0, 0.1) is 6.92 Å². The quantitative estimate of drug-likeness (QED) is 0.507. The van der Waals surface area contributed by atoms with Crippen LogP contribution in [-0.4, -0.2) is 16.8 Å². The zero-order valence-corrected chi connectivity index (χ0v) is 14.8. The first kappa shape index (κ1) is 18.1. The monoisotopic (exact) mass is 357 g/mol. The first-order valence-corrected chi connectivity index (χ1v) is 8.51. The summed E-state index contributed by atoms with van der Waals surface area (Å²) in [6, 6.07) is 20.7. The number of ketones is 1. The molecule has 3 aromatic rings. The van der Waals surface area contributed by atoms with E-state index >= 15 is 0 Å². The van der Waals surface area contributed by atoms with Gasteiger partial charge in [-0.15, -0.1) is 0 Å². The summed E-state index contributed by atoms with van der Waals surface area (Å²) in [6.07, 6.45) is 3.16. The van der Waals surface area contributed by atoms with Gasteiger partial charge in [-0.3, -0.25) is 9.59 Å². The first-order valence-electron chi connectivity index (χ1n) is 8.51. The van der Waals surface area contributed by atoms with Gasteiger partial charge in [-0.1, -0.05) is 35.9 Å². The second kappa shape index (κ2) is 8.15. The van der Waals surface area contributed by atoms with Crippen molar-refractivity contribution in [2.45, 2.75) is 6.92 Å². The molecule has 0 unspecified atom stereocenters. The molecule has 0 spiro atoms. The van der Waals surface area contributed by atoms with Gasteiger partial charge >= 0.3 is 0 Å². The fraction of sp³-hybridized carbons (Fsp3) is 0.0435. The average molecular weight is 357 g/mol. The molecule has 0 heterocycles. The van der Waals surface area contributed by atoms with Gasteiger partial charge in [-0.2, -0.15) is 0 Å². The number of anilines is 1. The number of allylic oxidation sites excluding steroid dienone is 1. The van der Waals surface area contributed by atoms with E-state index in [1.807, 2.05) is 31.2 Å². The molecule has 0 saturated carbocycles. The third-order valence-electron chi connectivity index (χ3n) is 4.04. The van der Waals surface area contributed by atoms with Gasteiger partial charge in [0.2, 0.25) is 0 Å². The lowest BCUT2D eigenvalue weighted by atomic mass is 10.1. The van der Waals surface area contributed by atoms with Crippen molar-refractivity contribution in [2.75, 3.05) is 5.32 Å². The summed E-state index contributed by atoms with van der Waals surface area (Å²) in [7, 11) is 0. The van der Waals surface area contributed by atoms with E-state index in [4.69, 9.17) is 0 Å². The van der Waals surface area contributed by atoms with Crippen LogP contribution in [0.1, 0.15) is 31.8 Å². The minimum Gasteiger partial charge on any atom is -0.508 e. The molecule has 0 saturated heterocycles. The van der Waals surface area contributed by atoms with E-state index in [0.717, 1.165) is 11.1 Å². The van der Waals surface area contributed by atoms with Crippen LogP contribution in [0.4, 0.5) is 5.69 Å². The normalized spacial score (nSPS) is 10.7. The molecular weight excluding hydrogens is 338 g/mol. The van der Waals surface area contributed by atoms with Crippen LogP contribution in [0.3, 0.4) is 0 Å². The highest BCUT2D eigenvalue weighted by Crippen LogP contribution is 2.15. The van der Waals surface area contributed by atoms with Crippen LogP contribution in [0.5, 0.6) is 5.75 Å². The molecule has 134 valence electrons. The minimum absolute atomic E-state index is 0.118. The van der Waals surface area contributed by atoms with Gasteiger partial charge in [0.05, 0.1) is 0 Å². The second-order valence-corrected chi connectivity index (χ2v) is 6.19. The number of carbonyl (C=O) groups is 2. The third kappa shape index (κ3) is 4.92. The van der Waals surface area contributed by atoms with Crippen molar-refractivity contribution >= 4 is 23.5 Å². The van der Waals surface area contributed by atoms with Crippen LogP contribution < -0.4 is 5.32 Å². The van der Waals surface area contributed by atoms with Gasteiger partial charge in [0.15, 0.2) is 5.78 Å². The number of nitrogens with one attached hydrogen (secondary N) is 1. The average Bonchev–Trinajstić information content (AvgIpc) is 2.67. The Balaban J connectivity index is 1.69. The van der Waals surface area contributed by atoms with E-state index in [-0.39, 0.29) is 17.4 Å². The van der Waals surface area contributed by atoms with Crippen molar-refractivity contribution in [3.05, 3.63) is 101 Å². The van der Waals surface area contributed by atoms with Gasteiger partial charge in [-0.05, 0) is 67.1 Å². The molecule has 0 aliphatic carbocycles. The second-order valence-electron chi connectivity index (χ2n) is 6.19. The highest BCUT2D eigenvalue weighted by Gasteiger charge is 2.06. The molecule has 1 amide bonds. The molecule has 0 aromatic heterocycles. The predicted octanol–water partition coefficient (Wildman–Crippen LogP) is 4.85. The summed E-state index contributed by atoms with van der Waals surface area (Å²) in [5.74, 6) is -0.229. The van der Waals surface area contributed by atoms with E-state index in [1.54, 1.807) is 42.5 Å². The summed E-state index contributed by atoms with van der Waals surface area (Å²) < 4.78 is 0. The summed E-state index contributed by atoms with van der Waals surface area (Å²) in [6.45, 7) is 1.97. The van der Waals surface area contributed by atoms with Crippen molar-refractivity contribution in [3.63, 3.8) is 0 Å². The molecule has 3 aromatic carbocycles. The molecule has 4 heteroatoms. The van der Waals surface area contributed by atoms with Crippen LogP contribution >= 0.6 is 0 Å². The number of phenols is 1. The Morgan fingerprint density at radius 3 is 2.26 bits per heavy atom. The fourth-order valence-electron chi connectivity index (χ4n) is 2.52. The molecule has 0 fully saturated rings. The topological polar surface area (TPSA) is 66.4 Å². The van der Waals surface area contributed by atoms with Gasteiger partial charge in [0, 0.05) is 16.8 Å². The zero-order chi connectivity index (χ0) is 19.2. The molecule has 2 N–H and O–H groups in total. The number of hydrogen-bond donors (Lipinski definition) is 2. The Kier molecular flexibility index (Phi) is 5.47.